The highest BCUT2D eigenvalue weighted by atomic mass is 35.5. The molecule has 2 N–H and O–H groups in total. The van der Waals surface area contributed by atoms with Gasteiger partial charge in [-0.2, -0.15) is 0 Å². The van der Waals surface area contributed by atoms with Gasteiger partial charge in [-0.05, 0) is 35.0 Å². The lowest BCUT2D eigenvalue weighted by Gasteiger charge is -1.98. The maximum Gasteiger partial charge on any atom is 0.0412 e. The lowest BCUT2D eigenvalue weighted by Crippen LogP contribution is -1.83. The fourth-order valence-electron chi connectivity index (χ4n) is 1.24. The normalized spacial score (nSPS) is 9.62. The maximum absolute atomic E-state index is 5.83. The molecular formula is C10H9Cl2N. The van der Waals surface area contributed by atoms with Gasteiger partial charge in [-0.15, -0.1) is 12.4 Å². The van der Waals surface area contributed by atoms with Gasteiger partial charge in [0.15, 0.2) is 0 Å². The monoisotopic (exact) mass is 213 g/mol. The number of anilines is 1. The molecule has 0 bridgehead atoms. The SMILES string of the molecule is Cl.Nc1ccc2ccc(Cl)cc2c1. The van der Waals surface area contributed by atoms with Gasteiger partial charge in [-0.1, -0.05) is 23.7 Å². The molecule has 0 saturated heterocycles. The summed E-state index contributed by atoms with van der Waals surface area (Å²) >= 11 is 5.83. The summed E-state index contributed by atoms with van der Waals surface area (Å²) in [7, 11) is 0. The summed E-state index contributed by atoms with van der Waals surface area (Å²) in [6.07, 6.45) is 0. The van der Waals surface area contributed by atoms with Crippen molar-refractivity contribution in [3.05, 3.63) is 41.4 Å². The van der Waals surface area contributed by atoms with E-state index in [0.29, 0.717) is 0 Å². The fraction of sp³-hybridized carbons (Fsp3) is 0. The highest BCUT2D eigenvalue weighted by Gasteiger charge is 1.94. The van der Waals surface area contributed by atoms with E-state index < -0.39 is 0 Å². The first-order chi connectivity index (χ1) is 5.75. The van der Waals surface area contributed by atoms with Gasteiger partial charge in [-0.3, -0.25) is 0 Å². The van der Waals surface area contributed by atoms with E-state index in [4.69, 9.17) is 17.3 Å². The molecule has 0 aliphatic heterocycles. The van der Waals surface area contributed by atoms with Crippen LogP contribution < -0.4 is 5.73 Å². The molecule has 2 aromatic rings. The van der Waals surface area contributed by atoms with Gasteiger partial charge in [0.25, 0.3) is 0 Å². The Morgan fingerprint density at radius 1 is 0.923 bits per heavy atom. The van der Waals surface area contributed by atoms with Gasteiger partial charge in [0, 0.05) is 10.7 Å². The fourth-order valence-corrected chi connectivity index (χ4v) is 1.42. The first-order valence-electron chi connectivity index (χ1n) is 3.70. The predicted molar refractivity (Wildman–Crippen MR) is 60.6 cm³/mol. The minimum Gasteiger partial charge on any atom is -0.399 e. The molecule has 13 heavy (non-hydrogen) atoms. The third kappa shape index (κ3) is 2.06. The lowest BCUT2D eigenvalue weighted by atomic mass is 10.1. The largest absolute Gasteiger partial charge is 0.399 e. The molecule has 1 nitrogen and oxygen atoms in total. The van der Waals surface area contributed by atoms with Crippen molar-refractivity contribution >= 4 is 40.5 Å². The van der Waals surface area contributed by atoms with Crippen LogP contribution in [0.15, 0.2) is 36.4 Å². The molecule has 0 heterocycles. The van der Waals surface area contributed by atoms with E-state index in [1.807, 2.05) is 36.4 Å². The Morgan fingerprint density at radius 3 is 2.38 bits per heavy atom. The topological polar surface area (TPSA) is 26.0 Å². The predicted octanol–water partition coefficient (Wildman–Crippen LogP) is 3.50. The molecule has 0 saturated carbocycles. The maximum atomic E-state index is 5.83. The molecular weight excluding hydrogens is 205 g/mol. The molecule has 0 spiro atoms. The van der Waals surface area contributed by atoms with Crippen LogP contribution in [0.1, 0.15) is 0 Å². The van der Waals surface area contributed by atoms with Crippen molar-refractivity contribution in [2.75, 3.05) is 5.73 Å². The average molecular weight is 214 g/mol. The van der Waals surface area contributed by atoms with E-state index in [0.717, 1.165) is 21.5 Å². The third-order valence-corrected chi connectivity index (χ3v) is 2.06. The minimum absolute atomic E-state index is 0. The van der Waals surface area contributed by atoms with Gasteiger partial charge in [0.2, 0.25) is 0 Å². The number of halogens is 2. The second kappa shape index (κ2) is 3.86. The Kier molecular flexibility index (Phi) is 3.02. The Labute approximate surface area is 87.9 Å². The van der Waals surface area contributed by atoms with Crippen LogP contribution in [-0.4, -0.2) is 0 Å². The van der Waals surface area contributed by atoms with Crippen LogP contribution >= 0.6 is 24.0 Å². The standard InChI is InChI=1S/C10H8ClN.ClH/c11-9-3-1-7-2-4-10(12)6-8(7)5-9;/h1-6H,12H2;1H. The van der Waals surface area contributed by atoms with Crippen molar-refractivity contribution in [1.82, 2.24) is 0 Å². The zero-order chi connectivity index (χ0) is 8.55. The Balaban J connectivity index is 0.000000845. The van der Waals surface area contributed by atoms with Crippen molar-refractivity contribution < 1.29 is 0 Å². The van der Waals surface area contributed by atoms with Crippen molar-refractivity contribution in [1.29, 1.82) is 0 Å². The Hall–Kier alpha value is -0.920. The second-order valence-electron chi connectivity index (χ2n) is 2.75. The molecule has 2 aromatic carbocycles. The summed E-state index contributed by atoms with van der Waals surface area (Å²) in [6, 6.07) is 11.6. The third-order valence-electron chi connectivity index (χ3n) is 1.83. The molecule has 2 rings (SSSR count). The number of rotatable bonds is 0. The molecule has 0 amide bonds. The number of nitrogens with two attached hydrogens (primary N) is 1. The molecule has 68 valence electrons. The van der Waals surface area contributed by atoms with Gasteiger partial charge in [-0.25, -0.2) is 0 Å². The molecule has 0 aromatic heterocycles. The van der Waals surface area contributed by atoms with Crippen LogP contribution in [0.4, 0.5) is 5.69 Å². The molecule has 0 aliphatic rings. The second-order valence-corrected chi connectivity index (χ2v) is 3.19. The van der Waals surface area contributed by atoms with Gasteiger partial charge in [0.1, 0.15) is 0 Å². The van der Waals surface area contributed by atoms with Gasteiger partial charge >= 0.3 is 0 Å². The van der Waals surface area contributed by atoms with E-state index >= 15 is 0 Å². The molecule has 0 fully saturated rings. The van der Waals surface area contributed by atoms with E-state index in [1.165, 1.54) is 0 Å². The minimum atomic E-state index is 0. The first-order valence-corrected chi connectivity index (χ1v) is 4.08. The van der Waals surface area contributed by atoms with E-state index in [9.17, 15) is 0 Å². The van der Waals surface area contributed by atoms with Crippen molar-refractivity contribution in [2.45, 2.75) is 0 Å². The van der Waals surface area contributed by atoms with E-state index in [2.05, 4.69) is 0 Å². The van der Waals surface area contributed by atoms with Crippen LogP contribution in [0.25, 0.3) is 10.8 Å². The zero-order valence-electron chi connectivity index (χ0n) is 6.83. The van der Waals surface area contributed by atoms with Crippen molar-refractivity contribution in [3.8, 4) is 0 Å². The van der Waals surface area contributed by atoms with Crippen LogP contribution in [0.3, 0.4) is 0 Å². The summed E-state index contributed by atoms with van der Waals surface area (Å²) in [4.78, 5) is 0. The highest BCUT2D eigenvalue weighted by Crippen LogP contribution is 2.21. The van der Waals surface area contributed by atoms with Crippen LogP contribution in [0, 0.1) is 0 Å². The summed E-state index contributed by atoms with van der Waals surface area (Å²) in [5.74, 6) is 0. The highest BCUT2D eigenvalue weighted by molar-refractivity contribution is 6.31. The molecule has 0 aliphatic carbocycles. The average Bonchev–Trinajstić information content (AvgIpc) is 2.03. The van der Waals surface area contributed by atoms with Crippen LogP contribution in [0.5, 0.6) is 0 Å². The van der Waals surface area contributed by atoms with Crippen LogP contribution in [0.2, 0.25) is 5.02 Å². The Bertz CT molecular complexity index is 389. The van der Waals surface area contributed by atoms with Crippen LogP contribution in [-0.2, 0) is 0 Å². The number of fused-ring (bicyclic) bond motifs is 1. The van der Waals surface area contributed by atoms with E-state index in [1.54, 1.807) is 0 Å². The smallest absolute Gasteiger partial charge is 0.0412 e. The summed E-state index contributed by atoms with van der Waals surface area (Å²) in [6.45, 7) is 0. The number of hydrogen-bond donors (Lipinski definition) is 1. The van der Waals surface area contributed by atoms with E-state index in [-0.39, 0.29) is 12.4 Å². The van der Waals surface area contributed by atoms with Crippen molar-refractivity contribution in [3.63, 3.8) is 0 Å². The zero-order valence-corrected chi connectivity index (χ0v) is 8.40. The molecule has 0 atom stereocenters. The van der Waals surface area contributed by atoms with Gasteiger partial charge < -0.3 is 5.73 Å². The molecule has 0 radical (unpaired) electrons. The first kappa shape index (κ1) is 10.2. The summed E-state index contributed by atoms with van der Waals surface area (Å²) < 4.78 is 0. The Morgan fingerprint density at radius 2 is 1.62 bits per heavy atom. The summed E-state index contributed by atoms with van der Waals surface area (Å²) in [5, 5.41) is 2.99. The lowest BCUT2D eigenvalue weighted by molar-refractivity contribution is 1.72. The van der Waals surface area contributed by atoms with Gasteiger partial charge in [0.05, 0.1) is 0 Å². The molecule has 0 unspecified atom stereocenters. The number of benzene rings is 2. The van der Waals surface area contributed by atoms with Crippen molar-refractivity contribution in [2.24, 2.45) is 0 Å². The quantitative estimate of drug-likeness (QED) is 0.667. The summed E-state index contributed by atoms with van der Waals surface area (Å²) in [5.41, 5.74) is 6.40. The number of nitrogen functional groups attached to an aromatic ring is 1. The number of hydrogen-bond acceptors (Lipinski definition) is 1. The molecule has 3 heteroatoms.